The molecule has 3 nitrogen and oxygen atoms in total. The van der Waals surface area contributed by atoms with Gasteiger partial charge in [-0.2, -0.15) is 11.8 Å². The molecule has 1 aromatic heterocycles. The van der Waals surface area contributed by atoms with Crippen LogP contribution >= 0.6 is 24.0 Å². The van der Waals surface area contributed by atoms with E-state index in [9.17, 15) is 0 Å². The number of aryl methyl sites for hydroxylation is 2. The second kappa shape index (κ2) is 8.76. The number of nitrogens with zero attached hydrogens (tertiary/aromatic N) is 1. The quantitative estimate of drug-likeness (QED) is 0.620. The van der Waals surface area contributed by atoms with Crippen LogP contribution in [0.3, 0.4) is 0 Å². The van der Waals surface area contributed by atoms with Crippen LogP contribution < -0.4 is 10.6 Å². The lowest BCUT2D eigenvalue weighted by atomic mass is 10.2. The van der Waals surface area contributed by atoms with Crippen molar-refractivity contribution in [1.82, 2.24) is 10.3 Å². The highest BCUT2D eigenvalue weighted by Crippen LogP contribution is 2.12. The first-order chi connectivity index (χ1) is 10.6. The maximum absolute atomic E-state index is 5.27. The van der Waals surface area contributed by atoms with E-state index in [0.717, 1.165) is 29.6 Å². The molecule has 0 aliphatic carbocycles. The minimum Gasteiger partial charge on any atom is -0.362 e. The molecule has 0 atom stereocenters. The topological polar surface area (TPSA) is 37.0 Å². The number of thiocarbonyl (C=S) groups is 1. The van der Waals surface area contributed by atoms with Crippen molar-refractivity contribution in [1.29, 1.82) is 0 Å². The van der Waals surface area contributed by atoms with Crippen LogP contribution in [0.15, 0.2) is 42.5 Å². The van der Waals surface area contributed by atoms with Gasteiger partial charge in [0, 0.05) is 23.7 Å². The molecule has 0 fully saturated rings. The summed E-state index contributed by atoms with van der Waals surface area (Å²) in [5.41, 5.74) is 3.66. The molecule has 0 aliphatic rings. The first-order valence-electron chi connectivity index (χ1n) is 7.25. The van der Waals surface area contributed by atoms with E-state index < -0.39 is 0 Å². The number of rotatable bonds is 6. The van der Waals surface area contributed by atoms with Gasteiger partial charge < -0.3 is 10.6 Å². The molecule has 22 heavy (non-hydrogen) atoms. The zero-order valence-corrected chi connectivity index (χ0v) is 14.6. The zero-order chi connectivity index (χ0) is 15.8. The Morgan fingerprint density at radius 3 is 2.77 bits per heavy atom. The first-order valence-corrected chi connectivity index (χ1v) is 8.81. The van der Waals surface area contributed by atoms with E-state index in [0.29, 0.717) is 5.11 Å². The van der Waals surface area contributed by atoms with E-state index in [1.807, 2.05) is 36.9 Å². The number of hydrogen-bond donors (Lipinski definition) is 2. The molecule has 116 valence electrons. The van der Waals surface area contributed by atoms with Gasteiger partial charge in [-0.15, -0.1) is 0 Å². The average molecular weight is 332 g/mol. The molecule has 2 N–H and O–H groups in total. The number of thioether (sulfide) groups is 1. The van der Waals surface area contributed by atoms with Crippen molar-refractivity contribution in [2.24, 2.45) is 0 Å². The Labute approximate surface area is 141 Å². The van der Waals surface area contributed by atoms with Crippen molar-refractivity contribution >= 4 is 34.9 Å². The SMILES string of the molecule is Cc1cccc(CSCCNC(=S)Nc2cccc(C)n2)c1. The number of pyridine rings is 1. The molecule has 0 radical (unpaired) electrons. The van der Waals surface area contributed by atoms with Crippen LogP contribution in [0.2, 0.25) is 0 Å². The Balaban J connectivity index is 1.63. The van der Waals surface area contributed by atoms with E-state index >= 15 is 0 Å². The summed E-state index contributed by atoms with van der Waals surface area (Å²) in [4.78, 5) is 4.36. The Morgan fingerprint density at radius 1 is 1.18 bits per heavy atom. The van der Waals surface area contributed by atoms with Crippen LogP contribution in [0.1, 0.15) is 16.8 Å². The third kappa shape index (κ3) is 6.03. The fraction of sp³-hybridized carbons (Fsp3) is 0.294. The van der Waals surface area contributed by atoms with E-state index in [-0.39, 0.29) is 0 Å². The monoisotopic (exact) mass is 331 g/mol. The van der Waals surface area contributed by atoms with E-state index in [2.05, 4.69) is 46.8 Å². The fourth-order valence-corrected chi connectivity index (χ4v) is 3.01. The fourth-order valence-electron chi connectivity index (χ4n) is 2.00. The summed E-state index contributed by atoms with van der Waals surface area (Å²) in [7, 11) is 0. The average Bonchev–Trinajstić information content (AvgIpc) is 2.47. The summed E-state index contributed by atoms with van der Waals surface area (Å²) in [6.45, 7) is 4.93. The van der Waals surface area contributed by atoms with E-state index in [1.165, 1.54) is 11.1 Å². The van der Waals surface area contributed by atoms with Gasteiger partial charge in [0.25, 0.3) is 0 Å². The number of aromatic nitrogens is 1. The lowest BCUT2D eigenvalue weighted by Crippen LogP contribution is -2.30. The highest BCUT2D eigenvalue weighted by molar-refractivity contribution is 7.98. The Bertz CT molecular complexity index is 629. The van der Waals surface area contributed by atoms with Crippen LogP contribution in [0.25, 0.3) is 0 Å². The van der Waals surface area contributed by atoms with Crippen LogP contribution in [0.4, 0.5) is 5.82 Å². The van der Waals surface area contributed by atoms with Crippen molar-refractivity contribution in [2.45, 2.75) is 19.6 Å². The van der Waals surface area contributed by atoms with Gasteiger partial charge in [-0.3, -0.25) is 0 Å². The molecule has 1 aromatic carbocycles. The molecule has 2 aromatic rings. The molecule has 0 saturated carbocycles. The molecular formula is C17H21N3S2. The van der Waals surface area contributed by atoms with Crippen molar-refractivity contribution in [2.75, 3.05) is 17.6 Å². The second-order valence-electron chi connectivity index (χ2n) is 5.09. The lowest BCUT2D eigenvalue weighted by Gasteiger charge is -2.10. The molecule has 0 amide bonds. The maximum Gasteiger partial charge on any atom is 0.171 e. The molecule has 0 unspecified atom stereocenters. The van der Waals surface area contributed by atoms with Crippen molar-refractivity contribution in [3.63, 3.8) is 0 Å². The van der Waals surface area contributed by atoms with Gasteiger partial charge >= 0.3 is 0 Å². The van der Waals surface area contributed by atoms with E-state index in [1.54, 1.807) is 0 Å². The van der Waals surface area contributed by atoms with Gasteiger partial charge in [0.2, 0.25) is 0 Å². The highest BCUT2D eigenvalue weighted by Gasteiger charge is 1.99. The Hall–Kier alpha value is -1.59. The summed E-state index contributed by atoms with van der Waals surface area (Å²) >= 11 is 7.17. The minimum absolute atomic E-state index is 0.620. The molecule has 2 rings (SSSR count). The molecule has 5 heteroatoms. The van der Waals surface area contributed by atoms with Crippen molar-refractivity contribution in [3.8, 4) is 0 Å². The lowest BCUT2D eigenvalue weighted by molar-refractivity contribution is 0.987. The predicted molar refractivity (Wildman–Crippen MR) is 101 cm³/mol. The minimum atomic E-state index is 0.620. The van der Waals surface area contributed by atoms with Crippen molar-refractivity contribution < 1.29 is 0 Å². The molecule has 0 spiro atoms. The number of hydrogen-bond acceptors (Lipinski definition) is 3. The summed E-state index contributed by atoms with van der Waals surface area (Å²) in [6.07, 6.45) is 0. The molecule has 1 heterocycles. The summed E-state index contributed by atoms with van der Waals surface area (Å²) < 4.78 is 0. The largest absolute Gasteiger partial charge is 0.362 e. The Kier molecular flexibility index (Phi) is 6.68. The molecule has 0 aliphatic heterocycles. The zero-order valence-electron chi connectivity index (χ0n) is 12.9. The summed E-state index contributed by atoms with van der Waals surface area (Å²) in [5.74, 6) is 2.82. The van der Waals surface area contributed by atoms with Crippen molar-refractivity contribution in [3.05, 3.63) is 59.3 Å². The number of nitrogens with one attached hydrogen (secondary N) is 2. The highest BCUT2D eigenvalue weighted by atomic mass is 32.2. The number of anilines is 1. The Morgan fingerprint density at radius 2 is 2.00 bits per heavy atom. The van der Waals surface area contributed by atoms with Gasteiger partial charge in [-0.1, -0.05) is 35.9 Å². The molecular weight excluding hydrogens is 310 g/mol. The van der Waals surface area contributed by atoms with Crippen LogP contribution in [0.5, 0.6) is 0 Å². The van der Waals surface area contributed by atoms with Gasteiger partial charge in [0.05, 0.1) is 0 Å². The smallest absolute Gasteiger partial charge is 0.171 e. The predicted octanol–water partition coefficient (Wildman–Crippen LogP) is 3.92. The van der Waals surface area contributed by atoms with Gasteiger partial charge in [0.15, 0.2) is 5.11 Å². The van der Waals surface area contributed by atoms with E-state index in [4.69, 9.17) is 12.2 Å². The van der Waals surface area contributed by atoms with Crippen LogP contribution in [0, 0.1) is 13.8 Å². The maximum atomic E-state index is 5.27. The standard InChI is InChI=1S/C17H21N3S2/c1-13-5-3-7-15(11-13)12-22-10-9-18-17(21)20-16-8-4-6-14(2)19-16/h3-8,11H,9-10,12H2,1-2H3,(H2,18,19,20,21). The third-order valence-electron chi connectivity index (χ3n) is 3.01. The van der Waals surface area contributed by atoms with Gasteiger partial charge in [-0.25, -0.2) is 4.98 Å². The van der Waals surface area contributed by atoms with Gasteiger partial charge in [0.1, 0.15) is 5.82 Å². The van der Waals surface area contributed by atoms with Crippen LogP contribution in [-0.2, 0) is 5.75 Å². The summed E-state index contributed by atoms with van der Waals surface area (Å²) in [6, 6.07) is 14.5. The third-order valence-corrected chi connectivity index (χ3v) is 4.29. The first kappa shape index (κ1) is 16.8. The second-order valence-corrected chi connectivity index (χ2v) is 6.60. The molecule has 0 bridgehead atoms. The number of benzene rings is 1. The summed E-state index contributed by atoms with van der Waals surface area (Å²) in [5, 5.41) is 6.93. The van der Waals surface area contributed by atoms with Crippen LogP contribution in [-0.4, -0.2) is 22.4 Å². The molecule has 0 saturated heterocycles. The van der Waals surface area contributed by atoms with Gasteiger partial charge in [-0.05, 0) is 43.8 Å². The normalized spacial score (nSPS) is 10.3.